The van der Waals surface area contributed by atoms with Gasteiger partial charge in [0.2, 0.25) is 0 Å². The van der Waals surface area contributed by atoms with E-state index in [1.54, 1.807) is 6.92 Å². The normalized spacial score (nSPS) is 28.3. The van der Waals surface area contributed by atoms with Crippen molar-refractivity contribution in [3.63, 3.8) is 0 Å². The van der Waals surface area contributed by atoms with Gasteiger partial charge in [0, 0.05) is 11.6 Å². The van der Waals surface area contributed by atoms with Gasteiger partial charge in [-0.05, 0) is 20.3 Å². The number of Topliss-reactive ketones (excluding diaryl/α,β-unsaturated/α-hetero) is 1. The Labute approximate surface area is 112 Å². The van der Waals surface area contributed by atoms with Crippen molar-refractivity contribution in [1.82, 2.24) is 0 Å². The van der Waals surface area contributed by atoms with Crippen LogP contribution in [0.3, 0.4) is 0 Å². The number of nitrogens with zero attached hydrogens (tertiary/aromatic N) is 3. The third-order valence-electron chi connectivity index (χ3n) is 4.22. The largest absolute Gasteiger partial charge is 0.400 e. The van der Waals surface area contributed by atoms with Crippen molar-refractivity contribution in [3.05, 3.63) is 11.3 Å². The molecule has 0 saturated heterocycles. The van der Waals surface area contributed by atoms with Gasteiger partial charge in [-0.15, -0.1) is 0 Å². The van der Waals surface area contributed by atoms with Gasteiger partial charge in [0.1, 0.15) is 5.78 Å². The molecule has 0 spiro atoms. The van der Waals surface area contributed by atoms with Gasteiger partial charge in [-0.3, -0.25) is 4.79 Å². The first kappa shape index (κ1) is 14.7. The molecule has 1 rings (SSSR count). The van der Waals surface area contributed by atoms with Gasteiger partial charge in [0.15, 0.2) is 5.41 Å². The summed E-state index contributed by atoms with van der Waals surface area (Å²) in [5.41, 5.74) is 3.23. The van der Waals surface area contributed by atoms with E-state index in [0.29, 0.717) is 12.8 Å². The van der Waals surface area contributed by atoms with Crippen LogP contribution in [0.4, 0.5) is 0 Å². The average molecular weight is 256 g/mol. The SMILES string of the molecule is CCC[C@H]1C(C#N)(C#N)C(C#N)=C(N)[C@]1(C)C(C)=O. The highest BCUT2D eigenvalue weighted by atomic mass is 16.1. The van der Waals surface area contributed by atoms with Crippen LogP contribution >= 0.6 is 0 Å². The molecule has 0 aromatic carbocycles. The minimum Gasteiger partial charge on any atom is -0.400 e. The fourth-order valence-electron chi connectivity index (χ4n) is 2.94. The van der Waals surface area contributed by atoms with E-state index in [-0.39, 0.29) is 17.1 Å². The second kappa shape index (κ2) is 4.75. The lowest BCUT2D eigenvalue weighted by atomic mass is 9.64. The Hall–Kier alpha value is -2.32. The summed E-state index contributed by atoms with van der Waals surface area (Å²) in [6.07, 6.45) is 1.19. The number of nitrogens with two attached hydrogens (primary N) is 1. The number of ketones is 1. The zero-order valence-electron chi connectivity index (χ0n) is 11.3. The summed E-state index contributed by atoms with van der Waals surface area (Å²) in [5, 5.41) is 28.1. The second-order valence-electron chi connectivity index (χ2n) is 5.03. The number of allylic oxidation sites excluding steroid dienone is 2. The lowest BCUT2D eigenvalue weighted by Crippen LogP contribution is -2.40. The molecule has 1 aliphatic rings. The fraction of sp³-hybridized carbons (Fsp3) is 0.571. The molecular weight excluding hydrogens is 240 g/mol. The molecule has 0 heterocycles. The van der Waals surface area contributed by atoms with E-state index in [0.717, 1.165) is 0 Å². The number of hydrogen-bond acceptors (Lipinski definition) is 5. The maximum Gasteiger partial charge on any atom is 0.184 e. The molecule has 0 radical (unpaired) electrons. The van der Waals surface area contributed by atoms with E-state index in [4.69, 9.17) is 5.73 Å². The Morgan fingerprint density at radius 1 is 1.37 bits per heavy atom. The molecule has 98 valence electrons. The van der Waals surface area contributed by atoms with Crippen LogP contribution in [0.25, 0.3) is 0 Å². The first-order chi connectivity index (χ1) is 8.86. The molecule has 0 amide bonds. The lowest BCUT2D eigenvalue weighted by molar-refractivity contribution is -0.126. The minimum absolute atomic E-state index is 0.0614. The summed E-state index contributed by atoms with van der Waals surface area (Å²) in [5.74, 6) is -0.796. The smallest absolute Gasteiger partial charge is 0.184 e. The first-order valence-electron chi connectivity index (χ1n) is 6.11. The van der Waals surface area contributed by atoms with E-state index < -0.39 is 16.7 Å². The summed E-state index contributed by atoms with van der Waals surface area (Å²) >= 11 is 0. The highest BCUT2D eigenvalue weighted by Gasteiger charge is 2.62. The predicted molar refractivity (Wildman–Crippen MR) is 67.7 cm³/mol. The monoisotopic (exact) mass is 256 g/mol. The Kier molecular flexibility index (Phi) is 3.68. The van der Waals surface area contributed by atoms with E-state index in [1.807, 2.05) is 25.1 Å². The minimum atomic E-state index is -1.62. The van der Waals surface area contributed by atoms with Crippen LogP contribution < -0.4 is 5.73 Å². The summed E-state index contributed by atoms with van der Waals surface area (Å²) in [6, 6.07) is 5.72. The van der Waals surface area contributed by atoms with Crippen molar-refractivity contribution in [2.45, 2.75) is 33.6 Å². The molecule has 0 aromatic heterocycles. The zero-order chi connectivity index (χ0) is 14.8. The highest BCUT2D eigenvalue weighted by molar-refractivity contribution is 5.88. The molecule has 0 saturated carbocycles. The van der Waals surface area contributed by atoms with E-state index in [2.05, 4.69) is 0 Å². The van der Waals surface area contributed by atoms with Crippen molar-refractivity contribution in [2.24, 2.45) is 22.5 Å². The Morgan fingerprint density at radius 3 is 2.21 bits per heavy atom. The van der Waals surface area contributed by atoms with Crippen LogP contribution in [0, 0.1) is 50.7 Å². The van der Waals surface area contributed by atoms with Gasteiger partial charge >= 0.3 is 0 Å². The maximum atomic E-state index is 12.0. The van der Waals surface area contributed by atoms with Crippen molar-refractivity contribution < 1.29 is 4.79 Å². The van der Waals surface area contributed by atoms with Crippen LogP contribution in [0.15, 0.2) is 11.3 Å². The first-order valence-corrected chi connectivity index (χ1v) is 6.11. The molecule has 1 aliphatic carbocycles. The Morgan fingerprint density at radius 2 is 1.89 bits per heavy atom. The molecule has 0 aromatic rings. The molecule has 0 bridgehead atoms. The molecular formula is C14H16N4O. The molecule has 0 fully saturated rings. The number of nitriles is 3. The van der Waals surface area contributed by atoms with Crippen LogP contribution in [0.5, 0.6) is 0 Å². The molecule has 2 atom stereocenters. The molecule has 0 unspecified atom stereocenters. The van der Waals surface area contributed by atoms with E-state index >= 15 is 0 Å². The van der Waals surface area contributed by atoms with Gasteiger partial charge in [0.05, 0.1) is 29.2 Å². The average Bonchev–Trinajstić information content (AvgIpc) is 2.58. The maximum absolute atomic E-state index is 12.0. The lowest BCUT2D eigenvalue weighted by Gasteiger charge is -2.34. The fourth-order valence-corrected chi connectivity index (χ4v) is 2.94. The van der Waals surface area contributed by atoms with Gasteiger partial charge in [-0.1, -0.05) is 13.3 Å². The molecule has 19 heavy (non-hydrogen) atoms. The summed E-state index contributed by atoms with van der Waals surface area (Å²) < 4.78 is 0. The molecule has 0 aliphatic heterocycles. The predicted octanol–water partition coefficient (Wildman–Crippen LogP) is 1.78. The third-order valence-corrected chi connectivity index (χ3v) is 4.22. The zero-order valence-corrected chi connectivity index (χ0v) is 11.3. The number of carbonyl (C=O) groups is 1. The van der Waals surface area contributed by atoms with Crippen LogP contribution in [-0.4, -0.2) is 5.78 Å². The molecule has 5 heteroatoms. The third kappa shape index (κ3) is 1.61. The summed E-state index contributed by atoms with van der Waals surface area (Å²) in [6.45, 7) is 4.91. The van der Waals surface area contributed by atoms with Crippen molar-refractivity contribution in [2.75, 3.05) is 0 Å². The number of carbonyl (C=O) groups excluding carboxylic acids is 1. The van der Waals surface area contributed by atoms with Crippen LogP contribution in [0.1, 0.15) is 33.6 Å². The highest BCUT2D eigenvalue weighted by Crippen LogP contribution is 2.57. The molecule has 2 N–H and O–H groups in total. The second-order valence-corrected chi connectivity index (χ2v) is 5.03. The number of hydrogen-bond donors (Lipinski definition) is 1. The van der Waals surface area contributed by atoms with Crippen molar-refractivity contribution >= 4 is 5.78 Å². The summed E-state index contributed by atoms with van der Waals surface area (Å²) in [7, 11) is 0. The number of rotatable bonds is 3. The van der Waals surface area contributed by atoms with Gasteiger partial charge in [-0.2, -0.15) is 15.8 Å². The topological polar surface area (TPSA) is 114 Å². The standard InChI is InChI=1S/C14H16N4O/c1-4-5-11-13(3,9(2)19)12(18)10(6-15)14(11,7-16)8-17/h11H,4-5,18H2,1-3H3/t11-,13-/m1/s1. The Bertz CT molecular complexity index is 556. The van der Waals surface area contributed by atoms with E-state index in [9.17, 15) is 20.6 Å². The summed E-state index contributed by atoms with van der Waals surface area (Å²) in [4.78, 5) is 12.0. The van der Waals surface area contributed by atoms with Gasteiger partial charge < -0.3 is 5.73 Å². The van der Waals surface area contributed by atoms with Crippen molar-refractivity contribution in [3.8, 4) is 18.2 Å². The van der Waals surface area contributed by atoms with E-state index in [1.165, 1.54) is 6.92 Å². The molecule has 5 nitrogen and oxygen atoms in total. The Balaban J connectivity index is 3.69. The van der Waals surface area contributed by atoms with Crippen LogP contribution in [0.2, 0.25) is 0 Å². The van der Waals surface area contributed by atoms with Crippen LogP contribution in [-0.2, 0) is 4.79 Å². The van der Waals surface area contributed by atoms with Crippen molar-refractivity contribution in [1.29, 1.82) is 15.8 Å². The quantitative estimate of drug-likeness (QED) is 0.826. The van der Waals surface area contributed by atoms with Gasteiger partial charge in [-0.25, -0.2) is 0 Å². The van der Waals surface area contributed by atoms with Gasteiger partial charge in [0.25, 0.3) is 0 Å².